The molecule has 128 valence electrons. The van der Waals surface area contributed by atoms with Gasteiger partial charge < -0.3 is 0 Å². The predicted molar refractivity (Wildman–Crippen MR) is 101 cm³/mol. The summed E-state index contributed by atoms with van der Waals surface area (Å²) in [6.07, 6.45) is 4.22. The van der Waals surface area contributed by atoms with E-state index in [1.165, 1.54) is 0 Å². The van der Waals surface area contributed by atoms with E-state index in [4.69, 9.17) is 4.55 Å². The van der Waals surface area contributed by atoms with E-state index in [-0.39, 0.29) is 6.04 Å². The molecule has 2 aromatic carbocycles. The van der Waals surface area contributed by atoms with Gasteiger partial charge in [-0.15, -0.1) is 0 Å². The minimum absolute atomic E-state index is 0.313. The van der Waals surface area contributed by atoms with Crippen molar-refractivity contribution in [2.45, 2.75) is 19.4 Å². The quantitative estimate of drug-likeness (QED) is 0.778. The van der Waals surface area contributed by atoms with Crippen molar-refractivity contribution in [3.8, 4) is 0 Å². The second-order valence-electron chi connectivity index (χ2n) is 5.22. The van der Waals surface area contributed by atoms with Crippen LogP contribution in [0.5, 0.6) is 0 Å². The lowest BCUT2D eigenvalue weighted by Gasteiger charge is -2.10. The smallest absolute Gasteiger partial charge is 0.273 e. The fourth-order valence-corrected chi connectivity index (χ4v) is 2.74. The molecule has 1 unspecified atom stereocenters. The maximum Gasteiger partial charge on any atom is 0.333 e. The highest BCUT2D eigenvalue weighted by Crippen LogP contribution is 2.10. The monoisotopic (exact) mass is 345 g/mol. The summed E-state index contributed by atoms with van der Waals surface area (Å²) >= 11 is 0. The molecule has 0 fully saturated rings. The maximum absolute atomic E-state index is 10.5. The Kier molecular flexibility index (Phi) is 8.12. The van der Waals surface area contributed by atoms with E-state index >= 15 is 0 Å². The zero-order chi connectivity index (χ0) is 18.0. The maximum atomic E-state index is 10.5. The van der Waals surface area contributed by atoms with Crippen LogP contribution in [0.15, 0.2) is 67.8 Å². The molecule has 5 heteroatoms. The van der Waals surface area contributed by atoms with Crippen LogP contribution < -0.4 is 4.72 Å². The van der Waals surface area contributed by atoms with Crippen molar-refractivity contribution >= 4 is 22.5 Å². The van der Waals surface area contributed by atoms with Crippen molar-refractivity contribution in [2.24, 2.45) is 0 Å². The van der Waals surface area contributed by atoms with Crippen LogP contribution in [0.25, 0.3) is 12.2 Å². The average molecular weight is 345 g/mol. The summed E-state index contributed by atoms with van der Waals surface area (Å²) in [5, 5.41) is 0. The first-order chi connectivity index (χ1) is 11.4. The van der Waals surface area contributed by atoms with Crippen LogP contribution in [0, 0.1) is 0 Å². The van der Waals surface area contributed by atoms with Gasteiger partial charge in [0.1, 0.15) is 0 Å². The zero-order valence-corrected chi connectivity index (χ0v) is 14.5. The molecule has 0 aliphatic carbocycles. The molecule has 24 heavy (non-hydrogen) atoms. The molecular weight excluding hydrogens is 322 g/mol. The largest absolute Gasteiger partial charge is 0.333 e. The lowest BCUT2D eigenvalue weighted by Crippen LogP contribution is -2.33. The third-order valence-corrected chi connectivity index (χ3v) is 3.87. The third-order valence-electron chi connectivity index (χ3n) is 3.17. The van der Waals surface area contributed by atoms with Gasteiger partial charge in [0.05, 0.1) is 0 Å². The molecule has 0 spiro atoms. The van der Waals surface area contributed by atoms with Gasteiger partial charge in [0.15, 0.2) is 0 Å². The Balaban J connectivity index is 0.000000254. The number of nitrogens with one attached hydrogen (secondary N) is 1. The first kappa shape index (κ1) is 19.8. The van der Waals surface area contributed by atoms with Crippen molar-refractivity contribution < 1.29 is 13.0 Å². The highest BCUT2D eigenvalue weighted by Gasteiger charge is 2.10. The molecule has 0 radical (unpaired) electrons. The summed E-state index contributed by atoms with van der Waals surface area (Å²) in [7, 11) is -4.09. The Bertz CT molecular complexity index is 728. The van der Waals surface area contributed by atoms with Crippen LogP contribution in [0.1, 0.15) is 23.6 Å². The minimum atomic E-state index is -4.09. The summed E-state index contributed by atoms with van der Waals surface area (Å²) in [6.45, 7) is 9.08. The fraction of sp³-hybridized carbons (Fsp3) is 0.158. The van der Waals surface area contributed by atoms with Crippen LogP contribution >= 0.6 is 0 Å². The van der Waals surface area contributed by atoms with E-state index < -0.39 is 10.3 Å². The van der Waals surface area contributed by atoms with Gasteiger partial charge in [0.2, 0.25) is 0 Å². The number of benzene rings is 2. The van der Waals surface area contributed by atoms with Crippen LogP contribution in [-0.2, 0) is 16.7 Å². The van der Waals surface area contributed by atoms with Crippen molar-refractivity contribution in [1.29, 1.82) is 0 Å². The van der Waals surface area contributed by atoms with E-state index in [1.54, 1.807) is 6.92 Å². The van der Waals surface area contributed by atoms with Gasteiger partial charge in [-0.05, 0) is 30.0 Å². The average Bonchev–Trinajstić information content (AvgIpc) is 2.54. The molecule has 0 saturated heterocycles. The molecule has 0 heterocycles. The molecule has 0 aromatic heterocycles. The Hall–Kier alpha value is -2.21. The minimum Gasteiger partial charge on any atom is -0.273 e. The van der Waals surface area contributed by atoms with Gasteiger partial charge >= 0.3 is 10.3 Å². The van der Waals surface area contributed by atoms with E-state index in [1.807, 2.05) is 66.7 Å². The van der Waals surface area contributed by atoms with Crippen molar-refractivity contribution in [3.63, 3.8) is 0 Å². The van der Waals surface area contributed by atoms with Gasteiger partial charge in [-0.2, -0.15) is 13.1 Å². The molecule has 2 N–H and O–H groups in total. The summed E-state index contributed by atoms with van der Waals surface area (Å²) < 4.78 is 31.6. The molecule has 0 aliphatic heterocycles. The van der Waals surface area contributed by atoms with E-state index in [0.717, 1.165) is 16.7 Å². The van der Waals surface area contributed by atoms with E-state index in [9.17, 15) is 8.42 Å². The van der Waals surface area contributed by atoms with E-state index in [2.05, 4.69) is 17.9 Å². The van der Waals surface area contributed by atoms with Crippen molar-refractivity contribution in [2.75, 3.05) is 0 Å². The number of hydrogen-bond donors (Lipinski definition) is 2. The van der Waals surface area contributed by atoms with Crippen LogP contribution in [0.4, 0.5) is 0 Å². The van der Waals surface area contributed by atoms with Crippen LogP contribution in [-0.4, -0.2) is 19.0 Å². The topological polar surface area (TPSA) is 66.4 Å². The predicted octanol–water partition coefficient (Wildman–Crippen LogP) is 3.98. The van der Waals surface area contributed by atoms with Gasteiger partial charge in [0.25, 0.3) is 0 Å². The Morgan fingerprint density at radius 2 is 1.46 bits per heavy atom. The first-order valence-corrected chi connectivity index (χ1v) is 8.92. The Morgan fingerprint density at radius 3 is 1.88 bits per heavy atom. The first-order valence-electron chi connectivity index (χ1n) is 7.48. The molecule has 0 amide bonds. The summed E-state index contributed by atoms with van der Waals surface area (Å²) in [5.41, 5.74) is 3.30. The van der Waals surface area contributed by atoms with Gasteiger partial charge in [-0.3, -0.25) is 4.55 Å². The van der Waals surface area contributed by atoms with Gasteiger partial charge in [-0.1, -0.05) is 79.9 Å². The lowest BCUT2D eigenvalue weighted by atomic mass is 10.1. The molecule has 2 aromatic rings. The summed E-state index contributed by atoms with van der Waals surface area (Å²) in [6, 6.07) is 17.2. The van der Waals surface area contributed by atoms with Crippen LogP contribution in [0.2, 0.25) is 0 Å². The lowest BCUT2D eigenvalue weighted by molar-refractivity contribution is 0.455. The standard InChI is InChI=1S/C10H10.C9H13NO3S/c1-3-9-7-5-6-8-10(9)4-2;1-8(10-14(11,12)13)7-9-5-3-2-4-6-9/h3-8H,1-2H2;2-6,8,10H,7H2,1H3,(H,11,12,13). The number of rotatable bonds is 6. The van der Waals surface area contributed by atoms with Crippen molar-refractivity contribution in [1.82, 2.24) is 4.72 Å². The highest BCUT2D eigenvalue weighted by molar-refractivity contribution is 7.83. The molecule has 2 rings (SSSR count). The van der Waals surface area contributed by atoms with Crippen LogP contribution in [0.3, 0.4) is 0 Å². The second-order valence-corrected chi connectivity index (χ2v) is 6.41. The second kappa shape index (κ2) is 9.82. The fourth-order valence-electron chi connectivity index (χ4n) is 2.15. The zero-order valence-electron chi connectivity index (χ0n) is 13.7. The molecule has 1 atom stereocenters. The SMILES string of the molecule is C=Cc1ccccc1C=C.CC(Cc1ccccc1)NS(=O)(=O)O. The Labute approximate surface area is 144 Å². The van der Waals surface area contributed by atoms with E-state index in [0.29, 0.717) is 6.42 Å². The number of hydrogen-bond acceptors (Lipinski definition) is 2. The van der Waals surface area contributed by atoms with Gasteiger partial charge in [-0.25, -0.2) is 0 Å². The summed E-state index contributed by atoms with van der Waals surface area (Å²) in [5.74, 6) is 0. The molecule has 4 nitrogen and oxygen atoms in total. The Morgan fingerprint density at radius 1 is 1.00 bits per heavy atom. The highest BCUT2D eigenvalue weighted by atomic mass is 32.2. The van der Waals surface area contributed by atoms with Gasteiger partial charge in [0, 0.05) is 6.04 Å². The molecule has 0 saturated carbocycles. The summed E-state index contributed by atoms with van der Waals surface area (Å²) in [4.78, 5) is 0. The third kappa shape index (κ3) is 7.87. The molecule has 0 aliphatic rings. The molecule has 0 bridgehead atoms. The van der Waals surface area contributed by atoms with Crippen molar-refractivity contribution in [3.05, 3.63) is 84.4 Å². The normalized spacial score (nSPS) is 11.8. The molecular formula is C19H23NO3S.